The molecule has 0 saturated carbocycles. The Kier molecular flexibility index (Phi) is 4.15. The number of nitrogens with one attached hydrogen (secondary N) is 1. The second-order valence-corrected chi connectivity index (χ2v) is 5.50. The topological polar surface area (TPSA) is 58.6 Å². The molecule has 1 saturated heterocycles. The predicted molar refractivity (Wildman–Crippen MR) is 66.5 cm³/mol. The van der Waals surface area contributed by atoms with E-state index < -0.39 is 5.97 Å². The van der Waals surface area contributed by atoms with Crippen molar-refractivity contribution in [1.82, 2.24) is 5.32 Å². The van der Waals surface area contributed by atoms with Crippen molar-refractivity contribution in [1.29, 1.82) is 0 Å². The van der Waals surface area contributed by atoms with Crippen molar-refractivity contribution in [2.24, 2.45) is 5.92 Å². The van der Waals surface area contributed by atoms with Crippen molar-refractivity contribution in [3.05, 3.63) is 21.9 Å². The Balaban J connectivity index is 1.76. The molecule has 1 aliphatic rings. The maximum Gasteiger partial charge on any atom is 0.345 e. The lowest BCUT2D eigenvalue weighted by molar-refractivity contribution is 0.0702. The average Bonchev–Trinajstić information content (AvgIpc) is 2.89. The molecular formula is C12H17NO3S. The van der Waals surface area contributed by atoms with Gasteiger partial charge in [0.05, 0.1) is 6.10 Å². The molecule has 2 unspecified atom stereocenters. The first kappa shape index (κ1) is 12.5. The van der Waals surface area contributed by atoms with Gasteiger partial charge in [-0.05, 0) is 31.4 Å². The SMILES string of the molecule is CC1OCCC1CNCc1ccc(C(=O)O)s1. The molecule has 0 spiro atoms. The number of ether oxygens (including phenoxy) is 1. The molecule has 2 N–H and O–H groups in total. The van der Waals surface area contributed by atoms with Gasteiger partial charge in [0, 0.05) is 24.6 Å². The summed E-state index contributed by atoms with van der Waals surface area (Å²) < 4.78 is 5.49. The van der Waals surface area contributed by atoms with Crippen LogP contribution in [-0.2, 0) is 11.3 Å². The zero-order chi connectivity index (χ0) is 12.3. The third kappa shape index (κ3) is 3.28. The number of thiophene rings is 1. The van der Waals surface area contributed by atoms with Crippen LogP contribution in [0.15, 0.2) is 12.1 Å². The standard InChI is InChI=1S/C12H17NO3S/c1-8-9(4-5-16-8)6-13-7-10-2-3-11(17-10)12(14)15/h2-3,8-9,13H,4-7H2,1H3,(H,14,15). The van der Waals surface area contributed by atoms with Crippen LogP contribution in [0.3, 0.4) is 0 Å². The molecule has 5 heteroatoms. The van der Waals surface area contributed by atoms with Gasteiger partial charge in [0.2, 0.25) is 0 Å². The highest BCUT2D eigenvalue weighted by Crippen LogP contribution is 2.20. The van der Waals surface area contributed by atoms with Crippen molar-refractivity contribution in [2.45, 2.75) is 26.0 Å². The number of hydrogen-bond donors (Lipinski definition) is 2. The van der Waals surface area contributed by atoms with Crippen LogP contribution in [0.5, 0.6) is 0 Å². The van der Waals surface area contributed by atoms with Crippen molar-refractivity contribution in [2.75, 3.05) is 13.2 Å². The minimum absolute atomic E-state index is 0.334. The quantitative estimate of drug-likeness (QED) is 0.844. The van der Waals surface area contributed by atoms with Crippen molar-refractivity contribution < 1.29 is 14.6 Å². The monoisotopic (exact) mass is 255 g/mol. The van der Waals surface area contributed by atoms with Gasteiger partial charge in [0.25, 0.3) is 0 Å². The summed E-state index contributed by atoms with van der Waals surface area (Å²) in [5.74, 6) is -0.270. The molecule has 0 amide bonds. The first-order valence-corrected chi connectivity index (χ1v) is 6.63. The van der Waals surface area contributed by atoms with Gasteiger partial charge in [-0.2, -0.15) is 0 Å². The van der Waals surface area contributed by atoms with Crippen molar-refractivity contribution in [3.8, 4) is 0 Å². The lowest BCUT2D eigenvalue weighted by Gasteiger charge is -2.14. The Morgan fingerprint density at radius 1 is 1.65 bits per heavy atom. The summed E-state index contributed by atoms with van der Waals surface area (Å²) in [6.07, 6.45) is 1.44. The van der Waals surface area contributed by atoms with E-state index in [4.69, 9.17) is 9.84 Å². The number of hydrogen-bond acceptors (Lipinski definition) is 4. The van der Waals surface area contributed by atoms with Gasteiger partial charge in [-0.1, -0.05) is 0 Å². The Morgan fingerprint density at radius 2 is 2.47 bits per heavy atom. The molecule has 1 aromatic heterocycles. The first-order valence-electron chi connectivity index (χ1n) is 5.81. The van der Waals surface area contributed by atoms with Crippen LogP contribution in [0.25, 0.3) is 0 Å². The molecule has 17 heavy (non-hydrogen) atoms. The smallest absolute Gasteiger partial charge is 0.345 e. The Hall–Kier alpha value is -0.910. The van der Waals surface area contributed by atoms with E-state index in [1.54, 1.807) is 6.07 Å². The molecule has 0 aliphatic carbocycles. The first-order chi connectivity index (χ1) is 8.16. The molecule has 1 fully saturated rings. The van der Waals surface area contributed by atoms with Crippen LogP contribution in [0.4, 0.5) is 0 Å². The van der Waals surface area contributed by atoms with Gasteiger partial charge >= 0.3 is 5.97 Å². The highest BCUT2D eigenvalue weighted by molar-refractivity contribution is 7.13. The lowest BCUT2D eigenvalue weighted by Crippen LogP contribution is -2.26. The highest BCUT2D eigenvalue weighted by Gasteiger charge is 2.23. The third-order valence-electron chi connectivity index (χ3n) is 3.11. The van der Waals surface area contributed by atoms with Gasteiger partial charge in [0.15, 0.2) is 0 Å². The van der Waals surface area contributed by atoms with Gasteiger partial charge < -0.3 is 15.2 Å². The minimum Gasteiger partial charge on any atom is -0.477 e. The molecule has 0 bridgehead atoms. The molecule has 1 aromatic rings. The summed E-state index contributed by atoms with van der Waals surface area (Å²) in [6.45, 7) is 4.63. The van der Waals surface area contributed by atoms with Gasteiger partial charge in [0.1, 0.15) is 4.88 Å². The Labute approximate surface area is 105 Å². The number of aromatic carboxylic acids is 1. The zero-order valence-corrected chi connectivity index (χ0v) is 10.6. The van der Waals surface area contributed by atoms with E-state index >= 15 is 0 Å². The fourth-order valence-corrected chi connectivity index (χ4v) is 2.83. The molecule has 2 heterocycles. The van der Waals surface area contributed by atoms with E-state index in [2.05, 4.69) is 12.2 Å². The fourth-order valence-electron chi connectivity index (χ4n) is 2.01. The normalized spacial score (nSPS) is 24.1. The lowest BCUT2D eigenvalue weighted by atomic mass is 10.0. The van der Waals surface area contributed by atoms with E-state index in [-0.39, 0.29) is 0 Å². The second kappa shape index (κ2) is 5.62. The summed E-state index contributed by atoms with van der Waals surface area (Å²) in [4.78, 5) is 12.2. The molecule has 1 aliphatic heterocycles. The van der Waals surface area contributed by atoms with Crippen molar-refractivity contribution in [3.63, 3.8) is 0 Å². The molecule has 2 rings (SSSR count). The van der Waals surface area contributed by atoms with Crippen LogP contribution in [0.1, 0.15) is 27.9 Å². The van der Waals surface area contributed by atoms with Crippen molar-refractivity contribution >= 4 is 17.3 Å². The van der Waals surface area contributed by atoms with Crippen LogP contribution in [0.2, 0.25) is 0 Å². The molecule has 0 radical (unpaired) electrons. The largest absolute Gasteiger partial charge is 0.477 e. The van der Waals surface area contributed by atoms with E-state index in [9.17, 15) is 4.79 Å². The predicted octanol–water partition coefficient (Wildman–Crippen LogP) is 1.96. The summed E-state index contributed by atoms with van der Waals surface area (Å²) in [5, 5.41) is 12.2. The van der Waals surface area contributed by atoms with Crippen LogP contribution >= 0.6 is 11.3 Å². The van der Waals surface area contributed by atoms with E-state index in [0.717, 1.165) is 31.0 Å². The Bertz CT molecular complexity index is 391. The fraction of sp³-hybridized carbons (Fsp3) is 0.583. The summed E-state index contributed by atoms with van der Waals surface area (Å²) in [6, 6.07) is 3.53. The molecule has 0 aromatic carbocycles. The van der Waals surface area contributed by atoms with E-state index in [1.807, 2.05) is 6.07 Å². The van der Waals surface area contributed by atoms with Gasteiger partial charge in [-0.15, -0.1) is 11.3 Å². The molecule has 2 atom stereocenters. The zero-order valence-electron chi connectivity index (χ0n) is 9.81. The highest BCUT2D eigenvalue weighted by atomic mass is 32.1. The third-order valence-corrected chi connectivity index (χ3v) is 4.18. The molecule has 4 nitrogen and oxygen atoms in total. The summed E-state index contributed by atoms with van der Waals surface area (Å²) in [7, 11) is 0. The van der Waals surface area contributed by atoms with E-state index in [0.29, 0.717) is 16.9 Å². The minimum atomic E-state index is -0.848. The van der Waals surface area contributed by atoms with Crippen LogP contribution < -0.4 is 5.32 Å². The van der Waals surface area contributed by atoms with Crippen LogP contribution in [-0.4, -0.2) is 30.3 Å². The number of carbonyl (C=O) groups is 1. The number of carboxylic acids is 1. The maximum absolute atomic E-state index is 10.7. The number of rotatable bonds is 5. The molecular weight excluding hydrogens is 238 g/mol. The average molecular weight is 255 g/mol. The van der Waals surface area contributed by atoms with Gasteiger partial charge in [-0.25, -0.2) is 4.79 Å². The summed E-state index contributed by atoms with van der Waals surface area (Å²) >= 11 is 1.33. The van der Waals surface area contributed by atoms with Gasteiger partial charge in [-0.3, -0.25) is 0 Å². The summed E-state index contributed by atoms with van der Waals surface area (Å²) in [5.41, 5.74) is 0. The van der Waals surface area contributed by atoms with Crippen LogP contribution in [0, 0.1) is 5.92 Å². The molecule has 94 valence electrons. The second-order valence-electron chi connectivity index (χ2n) is 4.33. The number of carboxylic acid groups (broad SMARTS) is 1. The Morgan fingerprint density at radius 3 is 3.06 bits per heavy atom. The van der Waals surface area contributed by atoms with E-state index in [1.165, 1.54) is 11.3 Å². The maximum atomic E-state index is 10.7.